The summed E-state index contributed by atoms with van der Waals surface area (Å²) in [5.74, 6) is -0.864. The molecule has 88 valence electrons. The predicted octanol–water partition coefficient (Wildman–Crippen LogP) is 1.60. The Hall–Kier alpha value is -1.11. The summed E-state index contributed by atoms with van der Waals surface area (Å²) in [6, 6.07) is 3.16. The van der Waals surface area contributed by atoms with Crippen LogP contribution in [0.3, 0.4) is 0 Å². The minimum Gasteiger partial charge on any atom is -0.486 e. The van der Waals surface area contributed by atoms with E-state index in [4.69, 9.17) is 21.5 Å². The third-order valence-electron chi connectivity index (χ3n) is 1.66. The van der Waals surface area contributed by atoms with E-state index in [2.05, 4.69) is 0 Å². The van der Waals surface area contributed by atoms with Crippen molar-refractivity contribution < 1.29 is 17.5 Å². The Labute approximate surface area is 97.5 Å². The zero-order chi connectivity index (χ0) is 12.2. The minimum atomic E-state index is -3.90. The first-order valence-corrected chi connectivity index (χ1v) is 6.14. The SMILES string of the molecule is NS(=O)(=O)c1ccc(OC/C=C/Cl)c(F)c1. The Morgan fingerprint density at radius 3 is 2.69 bits per heavy atom. The summed E-state index contributed by atoms with van der Waals surface area (Å²) in [7, 11) is -3.90. The second-order valence-corrected chi connectivity index (χ2v) is 4.62. The Balaban J connectivity index is 2.92. The van der Waals surface area contributed by atoms with Gasteiger partial charge in [0, 0.05) is 5.54 Å². The van der Waals surface area contributed by atoms with E-state index >= 15 is 0 Å². The molecule has 0 aliphatic rings. The van der Waals surface area contributed by atoms with Crippen LogP contribution in [0.15, 0.2) is 34.7 Å². The van der Waals surface area contributed by atoms with Crippen molar-refractivity contribution in [1.82, 2.24) is 0 Å². The maximum atomic E-state index is 13.3. The summed E-state index contributed by atoms with van der Waals surface area (Å²) < 4.78 is 40.1. The average Bonchev–Trinajstić information content (AvgIpc) is 2.19. The molecule has 0 saturated carbocycles. The zero-order valence-electron chi connectivity index (χ0n) is 8.06. The van der Waals surface area contributed by atoms with Crippen molar-refractivity contribution in [2.45, 2.75) is 4.90 Å². The van der Waals surface area contributed by atoms with E-state index in [0.717, 1.165) is 12.1 Å². The van der Waals surface area contributed by atoms with Gasteiger partial charge in [0.2, 0.25) is 10.0 Å². The fourth-order valence-electron chi connectivity index (χ4n) is 0.950. The molecule has 0 radical (unpaired) electrons. The van der Waals surface area contributed by atoms with Crippen molar-refractivity contribution in [3.8, 4) is 5.75 Å². The first kappa shape index (κ1) is 13.0. The molecule has 0 atom stereocenters. The number of nitrogens with two attached hydrogens (primary N) is 1. The number of rotatable bonds is 4. The average molecular weight is 266 g/mol. The maximum absolute atomic E-state index is 13.3. The standard InChI is InChI=1S/C9H9ClFNO3S/c10-4-1-5-15-9-3-2-7(6-8(9)11)16(12,13)14/h1-4,6H,5H2,(H2,12,13,14)/b4-1+. The van der Waals surface area contributed by atoms with Crippen LogP contribution < -0.4 is 9.88 Å². The second-order valence-electron chi connectivity index (χ2n) is 2.81. The van der Waals surface area contributed by atoms with Crippen LogP contribution in [0.5, 0.6) is 5.75 Å². The van der Waals surface area contributed by atoms with Crippen LogP contribution in [0, 0.1) is 5.82 Å². The van der Waals surface area contributed by atoms with Gasteiger partial charge in [-0.15, -0.1) is 0 Å². The topological polar surface area (TPSA) is 69.4 Å². The summed E-state index contributed by atoms with van der Waals surface area (Å²) >= 11 is 5.24. The van der Waals surface area contributed by atoms with Crippen LogP contribution in [-0.2, 0) is 10.0 Å². The predicted molar refractivity (Wildman–Crippen MR) is 58.3 cm³/mol. The van der Waals surface area contributed by atoms with Crippen LogP contribution in [0.1, 0.15) is 0 Å². The molecule has 0 aromatic heterocycles. The Bertz CT molecular complexity index is 501. The molecule has 0 bridgehead atoms. The largest absolute Gasteiger partial charge is 0.486 e. The van der Waals surface area contributed by atoms with Crippen molar-refractivity contribution in [2.24, 2.45) is 5.14 Å². The molecule has 0 unspecified atom stereocenters. The van der Waals surface area contributed by atoms with Gasteiger partial charge in [-0.1, -0.05) is 11.6 Å². The normalized spacial score (nSPS) is 11.9. The summed E-state index contributed by atoms with van der Waals surface area (Å²) in [4.78, 5) is -0.301. The molecule has 7 heteroatoms. The van der Waals surface area contributed by atoms with Gasteiger partial charge in [-0.05, 0) is 24.3 Å². The lowest BCUT2D eigenvalue weighted by Crippen LogP contribution is -2.12. The van der Waals surface area contributed by atoms with E-state index in [1.165, 1.54) is 17.7 Å². The van der Waals surface area contributed by atoms with Gasteiger partial charge in [-0.25, -0.2) is 17.9 Å². The van der Waals surface area contributed by atoms with Crippen LogP contribution in [-0.4, -0.2) is 15.0 Å². The number of halogens is 2. The molecule has 1 aromatic carbocycles. The highest BCUT2D eigenvalue weighted by atomic mass is 35.5. The van der Waals surface area contributed by atoms with Crippen LogP contribution in [0.25, 0.3) is 0 Å². The summed E-state index contributed by atoms with van der Waals surface area (Å²) in [6.07, 6.45) is 1.47. The van der Waals surface area contributed by atoms with Crippen molar-refractivity contribution in [3.63, 3.8) is 0 Å². The van der Waals surface area contributed by atoms with Gasteiger partial charge >= 0.3 is 0 Å². The van der Waals surface area contributed by atoms with Crippen molar-refractivity contribution in [3.05, 3.63) is 35.6 Å². The number of primary sulfonamides is 1. The van der Waals surface area contributed by atoms with E-state index in [1.807, 2.05) is 0 Å². The third kappa shape index (κ3) is 3.48. The van der Waals surface area contributed by atoms with Crippen molar-refractivity contribution >= 4 is 21.6 Å². The summed E-state index contributed by atoms with van der Waals surface area (Å²) in [6.45, 7) is 0.0924. The summed E-state index contributed by atoms with van der Waals surface area (Å²) in [5, 5.41) is 4.83. The van der Waals surface area contributed by atoms with Gasteiger partial charge < -0.3 is 4.74 Å². The highest BCUT2D eigenvalue weighted by molar-refractivity contribution is 7.89. The smallest absolute Gasteiger partial charge is 0.238 e. The first-order valence-electron chi connectivity index (χ1n) is 4.15. The lowest BCUT2D eigenvalue weighted by Gasteiger charge is -2.05. The first-order chi connectivity index (χ1) is 7.45. The van der Waals surface area contributed by atoms with Crippen LogP contribution >= 0.6 is 11.6 Å². The minimum absolute atomic E-state index is 0.0674. The van der Waals surface area contributed by atoms with Gasteiger partial charge in [-0.2, -0.15) is 0 Å². The highest BCUT2D eigenvalue weighted by Crippen LogP contribution is 2.20. The molecule has 0 aliphatic carbocycles. The number of hydrogen-bond acceptors (Lipinski definition) is 3. The molecule has 2 N–H and O–H groups in total. The van der Waals surface area contributed by atoms with Gasteiger partial charge in [0.1, 0.15) is 6.61 Å². The highest BCUT2D eigenvalue weighted by Gasteiger charge is 2.11. The second kappa shape index (κ2) is 5.29. The monoisotopic (exact) mass is 265 g/mol. The molecule has 1 rings (SSSR count). The molecule has 4 nitrogen and oxygen atoms in total. The van der Waals surface area contributed by atoms with Crippen LogP contribution in [0.2, 0.25) is 0 Å². The maximum Gasteiger partial charge on any atom is 0.238 e. The van der Waals surface area contributed by atoms with Gasteiger partial charge in [0.25, 0.3) is 0 Å². The molecule has 0 aliphatic heterocycles. The number of benzene rings is 1. The fraction of sp³-hybridized carbons (Fsp3) is 0.111. The van der Waals surface area contributed by atoms with Gasteiger partial charge in [0.05, 0.1) is 4.90 Å². The van der Waals surface area contributed by atoms with Gasteiger partial charge in [-0.3, -0.25) is 0 Å². The Kier molecular flexibility index (Phi) is 4.28. The Morgan fingerprint density at radius 1 is 1.50 bits per heavy atom. The number of hydrogen-bond donors (Lipinski definition) is 1. The van der Waals surface area contributed by atoms with Crippen molar-refractivity contribution in [2.75, 3.05) is 6.61 Å². The Morgan fingerprint density at radius 2 is 2.19 bits per heavy atom. The lowest BCUT2D eigenvalue weighted by molar-refractivity contribution is 0.341. The van der Waals surface area contributed by atoms with Gasteiger partial charge in [0.15, 0.2) is 11.6 Å². The van der Waals surface area contributed by atoms with E-state index in [9.17, 15) is 12.8 Å². The fourth-order valence-corrected chi connectivity index (χ4v) is 1.55. The number of ether oxygens (including phenoxy) is 1. The van der Waals surface area contributed by atoms with E-state index in [0.29, 0.717) is 0 Å². The molecular formula is C9H9ClFNO3S. The van der Waals surface area contributed by atoms with E-state index in [-0.39, 0.29) is 17.3 Å². The summed E-state index contributed by atoms with van der Waals surface area (Å²) in [5.41, 5.74) is 1.23. The molecule has 0 fully saturated rings. The third-order valence-corrected chi connectivity index (χ3v) is 2.75. The van der Waals surface area contributed by atoms with Crippen molar-refractivity contribution in [1.29, 1.82) is 0 Å². The quantitative estimate of drug-likeness (QED) is 0.899. The lowest BCUT2D eigenvalue weighted by atomic mass is 10.3. The zero-order valence-corrected chi connectivity index (χ0v) is 9.63. The molecule has 0 heterocycles. The molecule has 16 heavy (non-hydrogen) atoms. The molecule has 0 saturated heterocycles. The molecule has 0 amide bonds. The number of sulfonamides is 1. The van der Waals surface area contributed by atoms with Crippen LogP contribution in [0.4, 0.5) is 4.39 Å². The molecule has 1 aromatic rings. The van der Waals surface area contributed by atoms with E-state index < -0.39 is 15.8 Å². The molecule has 0 spiro atoms. The van der Waals surface area contributed by atoms with E-state index in [1.54, 1.807) is 0 Å². The molecular weight excluding hydrogens is 257 g/mol.